The van der Waals surface area contributed by atoms with Crippen molar-refractivity contribution in [2.24, 2.45) is 0 Å². The van der Waals surface area contributed by atoms with Gasteiger partial charge in [0, 0.05) is 26.9 Å². The topological polar surface area (TPSA) is 34.4 Å². The molecule has 0 amide bonds. The Morgan fingerprint density at radius 1 is 1.19 bits per heavy atom. The molecule has 2 heterocycles. The van der Waals surface area contributed by atoms with Crippen molar-refractivity contribution >= 4 is 33.3 Å². The van der Waals surface area contributed by atoms with Crippen molar-refractivity contribution in [1.82, 2.24) is 9.38 Å². The van der Waals surface area contributed by atoms with E-state index in [4.69, 9.17) is 0 Å². The van der Waals surface area contributed by atoms with Crippen molar-refractivity contribution < 1.29 is 0 Å². The van der Waals surface area contributed by atoms with Gasteiger partial charge in [-0.3, -0.25) is 9.20 Å². The minimum Gasteiger partial charge on any atom is -0.269 e. The molecule has 0 atom stereocenters. The Hall–Kier alpha value is -1.59. The SMILES string of the molecule is Cc1cccc2nc(CSc3ccccc3Br)cc(=O)n12. The van der Waals surface area contributed by atoms with Crippen LogP contribution in [0.5, 0.6) is 0 Å². The van der Waals surface area contributed by atoms with Crippen LogP contribution in [0.1, 0.15) is 11.4 Å². The van der Waals surface area contributed by atoms with Gasteiger partial charge in [-0.1, -0.05) is 18.2 Å². The van der Waals surface area contributed by atoms with E-state index in [2.05, 4.69) is 20.9 Å². The molecule has 2 aromatic heterocycles. The molecule has 0 spiro atoms. The molecule has 0 saturated carbocycles. The third kappa shape index (κ3) is 3.04. The maximum Gasteiger partial charge on any atom is 0.258 e. The number of rotatable bonds is 3. The van der Waals surface area contributed by atoms with E-state index in [0.717, 1.165) is 20.8 Å². The minimum atomic E-state index is -0.0270. The van der Waals surface area contributed by atoms with Crippen LogP contribution >= 0.6 is 27.7 Å². The average Bonchev–Trinajstić information content (AvgIpc) is 2.46. The van der Waals surface area contributed by atoms with Crippen LogP contribution in [0.25, 0.3) is 5.65 Å². The molecule has 0 radical (unpaired) electrons. The Morgan fingerprint density at radius 3 is 2.81 bits per heavy atom. The third-order valence-electron chi connectivity index (χ3n) is 3.15. The highest BCUT2D eigenvalue weighted by Gasteiger charge is 2.06. The molecule has 21 heavy (non-hydrogen) atoms. The Balaban J connectivity index is 1.92. The molecule has 0 N–H and O–H groups in total. The normalized spacial score (nSPS) is 11.0. The van der Waals surface area contributed by atoms with Crippen molar-refractivity contribution in [2.45, 2.75) is 17.6 Å². The van der Waals surface area contributed by atoms with Crippen molar-refractivity contribution in [2.75, 3.05) is 0 Å². The van der Waals surface area contributed by atoms with Crippen LogP contribution in [0.4, 0.5) is 0 Å². The van der Waals surface area contributed by atoms with Crippen LogP contribution in [0.2, 0.25) is 0 Å². The predicted molar refractivity (Wildman–Crippen MR) is 89.9 cm³/mol. The summed E-state index contributed by atoms with van der Waals surface area (Å²) in [6.07, 6.45) is 0. The van der Waals surface area contributed by atoms with Gasteiger partial charge < -0.3 is 0 Å². The lowest BCUT2D eigenvalue weighted by Gasteiger charge is -2.07. The summed E-state index contributed by atoms with van der Waals surface area (Å²) in [5.74, 6) is 0.669. The molecule has 3 nitrogen and oxygen atoms in total. The molecular formula is C16H13BrN2OS. The number of aryl methyl sites for hydroxylation is 1. The van der Waals surface area contributed by atoms with Crippen molar-refractivity contribution in [3.05, 3.63) is 74.7 Å². The first kappa shape index (κ1) is 14.4. The second kappa shape index (κ2) is 6.03. The Morgan fingerprint density at radius 2 is 2.00 bits per heavy atom. The standard InChI is InChI=1S/C16H13BrN2OS/c1-11-5-4-8-15-18-12(9-16(20)19(11)15)10-21-14-7-3-2-6-13(14)17/h2-9H,10H2,1H3. The molecule has 0 saturated heterocycles. The number of nitrogens with zero attached hydrogens (tertiary/aromatic N) is 2. The Bertz CT molecular complexity index is 860. The number of benzene rings is 1. The fourth-order valence-corrected chi connectivity index (χ4v) is 3.61. The van der Waals surface area contributed by atoms with Gasteiger partial charge >= 0.3 is 0 Å². The summed E-state index contributed by atoms with van der Waals surface area (Å²) in [6.45, 7) is 1.91. The van der Waals surface area contributed by atoms with E-state index in [-0.39, 0.29) is 5.56 Å². The van der Waals surface area contributed by atoms with Crippen LogP contribution in [-0.4, -0.2) is 9.38 Å². The second-order valence-electron chi connectivity index (χ2n) is 4.67. The summed E-state index contributed by atoms with van der Waals surface area (Å²) in [4.78, 5) is 17.9. The third-order valence-corrected chi connectivity index (χ3v) is 5.21. The minimum absolute atomic E-state index is 0.0270. The zero-order valence-corrected chi connectivity index (χ0v) is 13.8. The van der Waals surface area contributed by atoms with E-state index in [0.29, 0.717) is 11.4 Å². The molecule has 5 heteroatoms. The predicted octanol–water partition coefficient (Wildman–Crippen LogP) is 4.06. The van der Waals surface area contributed by atoms with Gasteiger partial charge in [-0.2, -0.15) is 0 Å². The largest absolute Gasteiger partial charge is 0.269 e. The van der Waals surface area contributed by atoms with Gasteiger partial charge in [0.15, 0.2) is 0 Å². The van der Waals surface area contributed by atoms with Gasteiger partial charge in [-0.05, 0) is 47.1 Å². The molecule has 1 aromatic carbocycles. The van der Waals surface area contributed by atoms with Crippen molar-refractivity contribution in [3.8, 4) is 0 Å². The number of hydrogen-bond donors (Lipinski definition) is 0. The maximum atomic E-state index is 12.2. The van der Waals surface area contributed by atoms with Crippen molar-refractivity contribution in [1.29, 1.82) is 0 Å². The highest BCUT2D eigenvalue weighted by Crippen LogP contribution is 2.29. The summed E-state index contributed by atoms with van der Waals surface area (Å²) in [5.41, 5.74) is 2.37. The van der Waals surface area contributed by atoms with Gasteiger partial charge in [0.05, 0.1) is 5.69 Å². The molecule has 106 valence electrons. The number of fused-ring (bicyclic) bond motifs is 1. The van der Waals surface area contributed by atoms with Gasteiger partial charge in [0.1, 0.15) is 5.65 Å². The summed E-state index contributed by atoms with van der Waals surface area (Å²) in [5, 5.41) is 0. The molecule has 0 aliphatic heterocycles. The van der Waals surface area contributed by atoms with Crippen LogP contribution in [0.3, 0.4) is 0 Å². The molecular weight excluding hydrogens is 348 g/mol. The van der Waals surface area contributed by atoms with Gasteiger partial charge in [0.25, 0.3) is 5.56 Å². The van der Waals surface area contributed by atoms with Gasteiger partial charge in [-0.25, -0.2) is 4.98 Å². The van der Waals surface area contributed by atoms with Crippen molar-refractivity contribution in [3.63, 3.8) is 0 Å². The molecule has 0 bridgehead atoms. The van der Waals surface area contributed by atoms with E-state index in [1.165, 1.54) is 0 Å². The quantitative estimate of drug-likeness (QED) is 0.660. The van der Waals surface area contributed by atoms with Gasteiger partial charge in [-0.15, -0.1) is 11.8 Å². The molecule has 3 rings (SSSR count). The van der Waals surface area contributed by atoms with E-state index in [1.54, 1.807) is 22.2 Å². The molecule has 3 aromatic rings. The summed E-state index contributed by atoms with van der Waals surface area (Å²) in [6, 6.07) is 15.3. The summed E-state index contributed by atoms with van der Waals surface area (Å²) >= 11 is 5.19. The maximum absolute atomic E-state index is 12.2. The van der Waals surface area contributed by atoms with Crippen LogP contribution < -0.4 is 5.56 Å². The molecule has 0 aliphatic rings. The molecule has 0 unspecified atom stereocenters. The average molecular weight is 361 g/mol. The fourth-order valence-electron chi connectivity index (χ4n) is 2.15. The highest BCUT2D eigenvalue weighted by molar-refractivity contribution is 9.10. The fraction of sp³-hybridized carbons (Fsp3) is 0.125. The second-order valence-corrected chi connectivity index (χ2v) is 6.54. The van der Waals surface area contributed by atoms with E-state index < -0.39 is 0 Å². The number of hydrogen-bond acceptors (Lipinski definition) is 3. The number of pyridine rings is 1. The Labute approximate surface area is 135 Å². The van der Waals surface area contributed by atoms with E-state index in [9.17, 15) is 4.79 Å². The lowest BCUT2D eigenvalue weighted by atomic mass is 10.3. The lowest BCUT2D eigenvalue weighted by molar-refractivity contribution is 0.968. The van der Waals surface area contributed by atoms with Crippen LogP contribution in [0.15, 0.2) is 62.7 Å². The first-order valence-electron chi connectivity index (χ1n) is 6.51. The number of thioether (sulfide) groups is 1. The lowest BCUT2D eigenvalue weighted by Crippen LogP contribution is -2.17. The number of aromatic nitrogens is 2. The Kier molecular flexibility index (Phi) is 4.12. The summed E-state index contributed by atoms with van der Waals surface area (Å²) in [7, 11) is 0. The first-order chi connectivity index (χ1) is 10.1. The monoisotopic (exact) mass is 360 g/mol. The molecule has 0 fully saturated rings. The summed E-state index contributed by atoms with van der Waals surface area (Å²) < 4.78 is 2.69. The smallest absolute Gasteiger partial charge is 0.258 e. The zero-order chi connectivity index (χ0) is 14.8. The van der Waals surface area contributed by atoms with E-state index in [1.807, 2.05) is 49.4 Å². The van der Waals surface area contributed by atoms with Crippen LogP contribution in [-0.2, 0) is 5.75 Å². The molecule has 0 aliphatic carbocycles. The number of halogens is 1. The van der Waals surface area contributed by atoms with Gasteiger partial charge in [0.2, 0.25) is 0 Å². The highest BCUT2D eigenvalue weighted by atomic mass is 79.9. The van der Waals surface area contributed by atoms with Crippen LogP contribution in [0, 0.1) is 6.92 Å². The zero-order valence-electron chi connectivity index (χ0n) is 11.4. The van der Waals surface area contributed by atoms with E-state index >= 15 is 0 Å². The first-order valence-corrected chi connectivity index (χ1v) is 8.28.